The maximum Gasteiger partial charge on any atom is 0.407 e. The van der Waals surface area contributed by atoms with E-state index >= 15 is 0 Å². The highest BCUT2D eigenvalue weighted by atomic mass is 35.7. The molecular formula is C13H18ClNO4S. The molecule has 1 atom stereocenters. The Morgan fingerprint density at radius 1 is 1.35 bits per heavy atom. The van der Waals surface area contributed by atoms with Crippen LogP contribution in [0.1, 0.15) is 25.3 Å². The summed E-state index contributed by atoms with van der Waals surface area (Å²) >= 11 is 0. The van der Waals surface area contributed by atoms with Crippen molar-refractivity contribution in [3.05, 3.63) is 35.9 Å². The van der Waals surface area contributed by atoms with Crippen molar-refractivity contribution in [2.45, 2.75) is 32.4 Å². The molecule has 0 aromatic heterocycles. The topological polar surface area (TPSA) is 72.5 Å². The van der Waals surface area contributed by atoms with Crippen LogP contribution in [-0.4, -0.2) is 26.3 Å². The summed E-state index contributed by atoms with van der Waals surface area (Å²) in [5.74, 6) is -0.303. The minimum absolute atomic E-state index is 0.138. The van der Waals surface area contributed by atoms with Crippen LogP contribution in [0.5, 0.6) is 0 Å². The number of carbonyl (C=O) groups is 1. The fraction of sp³-hybridized carbons (Fsp3) is 0.462. The van der Waals surface area contributed by atoms with Crippen molar-refractivity contribution in [2.24, 2.45) is 0 Å². The molecule has 0 heterocycles. The number of hydrogen-bond donors (Lipinski definition) is 1. The third kappa shape index (κ3) is 7.35. The van der Waals surface area contributed by atoms with Gasteiger partial charge >= 0.3 is 6.09 Å². The summed E-state index contributed by atoms with van der Waals surface area (Å²) in [6, 6.07) is 8.69. The van der Waals surface area contributed by atoms with Crippen LogP contribution in [0.4, 0.5) is 4.79 Å². The van der Waals surface area contributed by atoms with E-state index in [1.807, 2.05) is 37.3 Å². The van der Waals surface area contributed by atoms with Gasteiger partial charge < -0.3 is 10.1 Å². The first-order chi connectivity index (χ1) is 9.40. The lowest BCUT2D eigenvalue weighted by molar-refractivity contribution is 0.136. The van der Waals surface area contributed by atoms with Crippen LogP contribution in [0.25, 0.3) is 0 Å². The number of benzene rings is 1. The predicted molar refractivity (Wildman–Crippen MR) is 78.1 cm³/mol. The van der Waals surface area contributed by atoms with E-state index in [1.165, 1.54) is 0 Å². The molecule has 0 aliphatic rings. The lowest BCUT2D eigenvalue weighted by atomic mass is 10.2. The maximum atomic E-state index is 11.6. The molecule has 0 saturated carbocycles. The largest absolute Gasteiger partial charge is 0.445 e. The molecule has 0 unspecified atom stereocenters. The molecule has 7 heteroatoms. The molecule has 5 nitrogen and oxygen atoms in total. The molecule has 0 bridgehead atoms. The van der Waals surface area contributed by atoms with E-state index in [-0.39, 0.29) is 12.4 Å². The molecule has 20 heavy (non-hydrogen) atoms. The third-order valence-electron chi connectivity index (χ3n) is 2.57. The lowest BCUT2D eigenvalue weighted by Gasteiger charge is -2.16. The van der Waals surface area contributed by atoms with Gasteiger partial charge in [-0.3, -0.25) is 0 Å². The molecular weight excluding hydrogens is 302 g/mol. The molecule has 0 fully saturated rings. The fourth-order valence-electron chi connectivity index (χ4n) is 1.72. The van der Waals surface area contributed by atoms with E-state index in [1.54, 1.807) is 0 Å². The number of amides is 1. The summed E-state index contributed by atoms with van der Waals surface area (Å²) in [4.78, 5) is 11.6. The summed E-state index contributed by atoms with van der Waals surface area (Å²) < 4.78 is 27.1. The molecule has 1 N–H and O–H groups in total. The van der Waals surface area contributed by atoms with E-state index in [0.29, 0.717) is 6.42 Å². The van der Waals surface area contributed by atoms with E-state index in [9.17, 15) is 13.2 Å². The highest BCUT2D eigenvalue weighted by Crippen LogP contribution is 2.06. The second-order valence-electron chi connectivity index (χ2n) is 4.40. The number of ether oxygens (including phenoxy) is 1. The Morgan fingerprint density at radius 3 is 2.55 bits per heavy atom. The van der Waals surface area contributed by atoms with Gasteiger partial charge in [0, 0.05) is 16.7 Å². The minimum Gasteiger partial charge on any atom is -0.445 e. The summed E-state index contributed by atoms with van der Waals surface area (Å²) in [5.41, 5.74) is 0.861. The molecule has 0 aliphatic heterocycles. The van der Waals surface area contributed by atoms with Crippen LogP contribution >= 0.6 is 10.7 Å². The Morgan fingerprint density at radius 2 is 2.00 bits per heavy atom. The Labute approximate surface area is 123 Å². The average Bonchev–Trinajstić information content (AvgIpc) is 2.36. The summed E-state index contributed by atoms with van der Waals surface area (Å²) in [7, 11) is 1.54. The average molecular weight is 320 g/mol. The van der Waals surface area contributed by atoms with Gasteiger partial charge in [-0.2, -0.15) is 0 Å². The molecule has 0 saturated heterocycles. The van der Waals surface area contributed by atoms with Crippen molar-refractivity contribution in [1.29, 1.82) is 0 Å². The van der Waals surface area contributed by atoms with Crippen LogP contribution in [0.3, 0.4) is 0 Å². The number of carbonyl (C=O) groups excluding carboxylic acids is 1. The van der Waals surface area contributed by atoms with Crippen molar-refractivity contribution in [3.8, 4) is 0 Å². The molecule has 1 amide bonds. The Bertz CT molecular complexity index is 518. The number of nitrogens with one attached hydrogen (secondary N) is 1. The summed E-state index contributed by atoms with van der Waals surface area (Å²) in [5, 5.41) is 2.52. The van der Waals surface area contributed by atoms with Gasteiger partial charge in [-0.05, 0) is 12.0 Å². The van der Waals surface area contributed by atoms with Gasteiger partial charge in [-0.1, -0.05) is 43.7 Å². The molecule has 112 valence electrons. The van der Waals surface area contributed by atoms with Crippen LogP contribution < -0.4 is 5.32 Å². The van der Waals surface area contributed by atoms with Crippen LogP contribution in [-0.2, 0) is 20.4 Å². The van der Waals surface area contributed by atoms with Gasteiger partial charge in [0.1, 0.15) is 6.61 Å². The number of hydrogen-bond acceptors (Lipinski definition) is 4. The Hall–Kier alpha value is -1.27. The van der Waals surface area contributed by atoms with Crippen molar-refractivity contribution in [3.63, 3.8) is 0 Å². The van der Waals surface area contributed by atoms with Crippen molar-refractivity contribution in [1.82, 2.24) is 5.32 Å². The number of halogens is 1. The van der Waals surface area contributed by atoms with Gasteiger partial charge in [0.15, 0.2) is 0 Å². The van der Waals surface area contributed by atoms with E-state index in [2.05, 4.69) is 5.32 Å². The first kappa shape index (κ1) is 16.8. The quantitative estimate of drug-likeness (QED) is 0.784. The molecule has 0 spiro atoms. The second kappa shape index (κ2) is 8.11. The highest BCUT2D eigenvalue weighted by Gasteiger charge is 2.19. The van der Waals surface area contributed by atoms with Crippen molar-refractivity contribution >= 4 is 25.8 Å². The van der Waals surface area contributed by atoms with Gasteiger partial charge in [0.05, 0.1) is 5.75 Å². The van der Waals surface area contributed by atoms with Crippen LogP contribution in [0.2, 0.25) is 0 Å². The smallest absolute Gasteiger partial charge is 0.407 e. The van der Waals surface area contributed by atoms with E-state index in [4.69, 9.17) is 15.4 Å². The van der Waals surface area contributed by atoms with E-state index < -0.39 is 21.2 Å². The van der Waals surface area contributed by atoms with Crippen LogP contribution in [0, 0.1) is 0 Å². The summed E-state index contributed by atoms with van der Waals surface area (Å²) in [6.45, 7) is 2.03. The first-order valence-corrected chi connectivity index (χ1v) is 8.78. The number of rotatable bonds is 7. The second-order valence-corrected chi connectivity index (χ2v) is 7.22. The zero-order valence-electron chi connectivity index (χ0n) is 11.2. The highest BCUT2D eigenvalue weighted by molar-refractivity contribution is 8.13. The zero-order valence-corrected chi connectivity index (χ0v) is 12.8. The van der Waals surface area contributed by atoms with Crippen molar-refractivity contribution < 1.29 is 17.9 Å². The van der Waals surface area contributed by atoms with Crippen molar-refractivity contribution in [2.75, 3.05) is 5.75 Å². The summed E-state index contributed by atoms with van der Waals surface area (Å²) in [6.07, 6.45) is 0.607. The molecule has 0 aliphatic carbocycles. The van der Waals surface area contributed by atoms with Crippen LogP contribution in [0.15, 0.2) is 30.3 Å². The van der Waals surface area contributed by atoms with E-state index in [0.717, 1.165) is 12.0 Å². The Kier molecular flexibility index (Phi) is 6.81. The fourth-order valence-corrected chi connectivity index (χ4v) is 2.90. The van der Waals surface area contributed by atoms with Gasteiger partial charge in [-0.25, -0.2) is 13.2 Å². The third-order valence-corrected chi connectivity index (χ3v) is 3.75. The first-order valence-electron chi connectivity index (χ1n) is 6.30. The molecule has 1 rings (SSSR count). The molecule has 1 aromatic rings. The van der Waals surface area contributed by atoms with Gasteiger partial charge in [0.25, 0.3) is 0 Å². The zero-order chi connectivity index (χ0) is 15.0. The standard InChI is InChI=1S/C13H18ClNO4S/c1-2-6-12(10-20(14,17)18)15-13(16)19-9-11-7-4-3-5-8-11/h3-5,7-8,12H,2,6,9-10H2,1H3,(H,15,16)/t12-/m0/s1. The van der Waals surface area contributed by atoms with Gasteiger partial charge in [0.2, 0.25) is 9.05 Å². The van der Waals surface area contributed by atoms with Gasteiger partial charge in [-0.15, -0.1) is 0 Å². The Balaban J connectivity index is 2.45. The SMILES string of the molecule is CCC[C@@H](CS(=O)(=O)Cl)NC(=O)OCc1ccccc1. The normalized spacial score (nSPS) is 12.7. The lowest BCUT2D eigenvalue weighted by Crippen LogP contribution is -2.39. The molecule has 0 radical (unpaired) electrons. The molecule has 1 aromatic carbocycles. The maximum absolute atomic E-state index is 11.6. The predicted octanol–water partition coefficient (Wildman–Crippen LogP) is 2.65. The minimum atomic E-state index is -3.66. The number of alkyl carbamates (subject to hydrolysis) is 1. The monoisotopic (exact) mass is 319 g/mol.